The normalized spacial score (nSPS) is 13.6. The number of amides is 2. The first kappa shape index (κ1) is 20.1. The van der Waals surface area contributed by atoms with Crippen molar-refractivity contribution in [3.63, 3.8) is 0 Å². The molecule has 2 amide bonds. The molecule has 1 aliphatic rings. The van der Waals surface area contributed by atoms with Gasteiger partial charge in [-0.2, -0.15) is 0 Å². The van der Waals surface area contributed by atoms with E-state index in [2.05, 4.69) is 15.6 Å². The Labute approximate surface area is 169 Å². The molecule has 0 aliphatic carbocycles. The number of nitrogens with zero attached hydrogens (tertiary/aromatic N) is 2. The van der Waals surface area contributed by atoms with Crippen LogP contribution in [0.1, 0.15) is 35.3 Å². The third-order valence-corrected chi connectivity index (χ3v) is 5.45. The minimum absolute atomic E-state index is 0.166. The van der Waals surface area contributed by atoms with Crippen LogP contribution >= 0.6 is 11.3 Å². The summed E-state index contributed by atoms with van der Waals surface area (Å²) < 4.78 is 5.14. The second-order valence-electron chi connectivity index (χ2n) is 6.66. The van der Waals surface area contributed by atoms with E-state index in [9.17, 15) is 9.59 Å². The molecule has 0 unspecified atom stereocenters. The fourth-order valence-electron chi connectivity index (χ4n) is 3.07. The van der Waals surface area contributed by atoms with Crippen LogP contribution in [0.5, 0.6) is 5.75 Å². The standard InChI is InChI=1S/C20H26N4O3S/c1-27-16-7-5-15(6-8-16)9-11-21-19(26)17-14-28-20(23-17)22-10-3-13-24-12-2-4-18(24)25/h5-8,14H,2-4,9-13H2,1H3,(H,21,26)(H,22,23). The van der Waals surface area contributed by atoms with E-state index in [1.54, 1.807) is 12.5 Å². The van der Waals surface area contributed by atoms with Gasteiger partial charge < -0.3 is 20.3 Å². The van der Waals surface area contributed by atoms with Crippen LogP contribution in [-0.2, 0) is 11.2 Å². The van der Waals surface area contributed by atoms with Crippen LogP contribution in [0, 0.1) is 0 Å². The molecule has 0 spiro atoms. The van der Waals surface area contributed by atoms with Crippen LogP contribution in [0.2, 0.25) is 0 Å². The quantitative estimate of drug-likeness (QED) is 0.597. The summed E-state index contributed by atoms with van der Waals surface area (Å²) in [4.78, 5) is 30.0. The molecule has 0 saturated carbocycles. The minimum atomic E-state index is -0.166. The molecular weight excluding hydrogens is 376 g/mol. The van der Waals surface area contributed by atoms with Gasteiger partial charge in [0.2, 0.25) is 5.91 Å². The fourth-order valence-corrected chi connectivity index (χ4v) is 3.79. The van der Waals surface area contributed by atoms with Gasteiger partial charge in [-0.15, -0.1) is 11.3 Å². The van der Waals surface area contributed by atoms with Crippen molar-refractivity contribution in [1.82, 2.24) is 15.2 Å². The highest BCUT2D eigenvalue weighted by molar-refractivity contribution is 7.13. The van der Waals surface area contributed by atoms with Crippen molar-refractivity contribution in [2.24, 2.45) is 0 Å². The van der Waals surface area contributed by atoms with Crippen molar-refractivity contribution in [2.45, 2.75) is 25.7 Å². The van der Waals surface area contributed by atoms with Crippen LogP contribution < -0.4 is 15.4 Å². The third kappa shape index (κ3) is 5.69. The molecule has 7 nitrogen and oxygen atoms in total. The van der Waals surface area contributed by atoms with Crippen LogP contribution in [0.4, 0.5) is 5.13 Å². The van der Waals surface area contributed by atoms with Crippen LogP contribution in [0.25, 0.3) is 0 Å². The number of anilines is 1. The van der Waals surface area contributed by atoms with Gasteiger partial charge in [-0.05, 0) is 37.0 Å². The van der Waals surface area contributed by atoms with Gasteiger partial charge in [-0.25, -0.2) is 4.98 Å². The highest BCUT2D eigenvalue weighted by Gasteiger charge is 2.19. The third-order valence-electron chi connectivity index (χ3n) is 4.65. The number of rotatable bonds is 10. The van der Waals surface area contributed by atoms with Gasteiger partial charge in [0.15, 0.2) is 5.13 Å². The lowest BCUT2D eigenvalue weighted by Gasteiger charge is -2.14. The molecule has 0 bridgehead atoms. The molecule has 1 aromatic carbocycles. The predicted octanol–water partition coefficient (Wildman–Crippen LogP) is 2.55. The molecule has 3 rings (SSSR count). The molecule has 150 valence electrons. The number of aromatic nitrogens is 1. The topological polar surface area (TPSA) is 83.6 Å². The van der Waals surface area contributed by atoms with Crippen molar-refractivity contribution in [1.29, 1.82) is 0 Å². The second-order valence-corrected chi connectivity index (χ2v) is 7.51. The lowest BCUT2D eigenvalue weighted by molar-refractivity contribution is -0.127. The maximum absolute atomic E-state index is 12.2. The molecule has 2 N–H and O–H groups in total. The van der Waals surface area contributed by atoms with Crippen molar-refractivity contribution >= 4 is 28.3 Å². The van der Waals surface area contributed by atoms with E-state index in [0.717, 1.165) is 55.3 Å². The van der Waals surface area contributed by atoms with Crippen LogP contribution in [-0.4, -0.2) is 55.0 Å². The Hall–Kier alpha value is -2.61. The van der Waals surface area contributed by atoms with E-state index >= 15 is 0 Å². The molecule has 0 atom stereocenters. The summed E-state index contributed by atoms with van der Waals surface area (Å²) in [5.74, 6) is 0.908. The number of carbonyl (C=O) groups excluding carboxylic acids is 2. The lowest BCUT2D eigenvalue weighted by Crippen LogP contribution is -2.27. The number of hydrogen-bond acceptors (Lipinski definition) is 6. The van der Waals surface area contributed by atoms with E-state index in [1.807, 2.05) is 29.2 Å². The first-order valence-corrected chi connectivity index (χ1v) is 10.4. The minimum Gasteiger partial charge on any atom is -0.497 e. The summed E-state index contributed by atoms with van der Waals surface area (Å²) in [6, 6.07) is 7.81. The van der Waals surface area contributed by atoms with E-state index < -0.39 is 0 Å². The zero-order valence-corrected chi connectivity index (χ0v) is 16.9. The summed E-state index contributed by atoms with van der Waals surface area (Å²) >= 11 is 1.42. The summed E-state index contributed by atoms with van der Waals surface area (Å²) in [5.41, 5.74) is 1.56. The molecule has 2 heterocycles. The number of likely N-dealkylation sites (tertiary alicyclic amines) is 1. The van der Waals surface area contributed by atoms with Gasteiger partial charge in [0, 0.05) is 38.0 Å². The summed E-state index contributed by atoms with van der Waals surface area (Å²) in [6.45, 7) is 2.93. The van der Waals surface area contributed by atoms with Gasteiger partial charge in [0.05, 0.1) is 7.11 Å². The Morgan fingerprint density at radius 3 is 2.82 bits per heavy atom. The average molecular weight is 403 g/mol. The van der Waals surface area contributed by atoms with Gasteiger partial charge in [-0.3, -0.25) is 9.59 Å². The Morgan fingerprint density at radius 1 is 1.29 bits per heavy atom. The highest BCUT2D eigenvalue weighted by atomic mass is 32.1. The Morgan fingerprint density at radius 2 is 2.11 bits per heavy atom. The second kappa shape index (κ2) is 10.1. The molecule has 8 heteroatoms. The number of methoxy groups -OCH3 is 1. The van der Waals surface area contributed by atoms with Crippen molar-refractivity contribution in [3.8, 4) is 5.75 Å². The summed E-state index contributed by atoms with van der Waals surface area (Å²) in [6.07, 6.45) is 3.27. The number of ether oxygens (including phenoxy) is 1. The molecule has 2 aromatic rings. The molecular formula is C20H26N4O3S. The van der Waals surface area contributed by atoms with Crippen LogP contribution in [0.15, 0.2) is 29.6 Å². The fraction of sp³-hybridized carbons (Fsp3) is 0.450. The maximum Gasteiger partial charge on any atom is 0.270 e. The van der Waals surface area contributed by atoms with Gasteiger partial charge in [0.1, 0.15) is 11.4 Å². The first-order chi connectivity index (χ1) is 13.7. The number of benzene rings is 1. The average Bonchev–Trinajstić information content (AvgIpc) is 3.35. The Bertz CT molecular complexity index is 791. The van der Waals surface area contributed by atoms with Crippen molar-refractivity contribution in [3.05, 3.63) is 40.9 Å². The van der Waals surface area contributed by atoms with Crippen molar-refractivity contribution in [2.75, 3.05) is 38.6 Å². The van der Waals surface area contributed by atoms with E-state index in [1.165, 1.54) is 11.3 Å². The highest BCUT2D eigenvalue weighted by Crippen LogP contribution is 2.16. The van der Waals surface area contributed by atoms with Gasteiger partial charge in [0.25, 0.3) is 5.91 Å². The van der Waals surface area contributed by atoms with Crippen molar-refractivity contribution < 1.29 is 14.3 Å². The van der Waals surface area contributed by atoms with Gasteiger partial charge >= 0.3 is 0 Å². The summed E-state index contributed by atoms with van der Waals surface area (Å²) in [5, 5.41) is 8.62. The lowest BCUT2D eigenvalue weighted by atomic mass is 10.1. The number of thiazole rings is 1. The molecule has 1 aromatic heterocycles. The van der Waals surface area contributed by atoms with E-state index in [0.29, 0.717) is 18.7 Å². The molecule has 1 aliphatic heterocycles. The summed E-state index contributed by atoms with van der Waals surface area (Å²) in [7, 11) is 1.64. The number of hydrogen-bond donors (Lipinski definition) is 2. The zero-order chi connectivity index (χ0) is 19.8. The van der Waals surface area contributed by atoms with Crippen LogP contribution in [0.3, 0.4) is 0 Å². The molecule has 1 saturated heterocycles. The monoisotopic (exact) mass is 402 g/mol. The zero-order valence-electron chi connectivity index (χ0n) is 16.1. The molecule has 28 heavy (non-hydrogen) atoms. The molecule has 1 fully saturated rings. The predicted molar refractivity (Wildman–Crippen MR) is 110 cm³/mol. The van der Waals surface area contributed by atoms with E-state index in [4.69, 9.17) is 4.74 Å². The SMILES string of the molecule is COc1ccc(CCNC(=O)c2csc(NCCCN3CCCC3=O)n2)cc1. The maximum atomic E-state index is 12.2. The Balaban J connectivity index is 1.35. The smallest absolute Gasteiger partial charge is 0.270 e. The number of nitrogens with one attached hydrogen (secondary N) is 2. The Kier molecular flexibility index (Phi) is 7.25. The number of carbonyl (C=O) groups is 2. The van der Waals surface area contributed by atoms with Gasteiger partial charge in [-0.1, -0.05) is 12.1 Å². The largest absolute Gasteiger partial charge is 0.497 e. The first-order valence-electron chi connectivity index (χ1n) is 9.54. The van der Waals surface area contributed by atoms with E-state index in [-0.39, 0.29) is 11.8 Å². The molecule has 0 radical (unpaired) electrons.